The number of amides is 1. The molecule has 0 bridgehead atoms. The standard InChI is InChI=1S/C11H15NO2.C4H9NO.C2H6/c1-14-11(13)7-10(8-12)9-5-3-2-4-6-9;1-2-3-4(5)6;1-2/h2-6,10H,7-8,12H2,1H3;2-3H2,1H3,(H2,5,6);1-2H3. The molecule has 126 valence electrons. The number of carbonyl (C=O) groups excluding carboxylic acids is 2. The number of hydrogen-bond donors (Lipinski definition) is 2. The zero-order valence-electron chi connectivity index (χ0n) is 14.2. The minimum atomic E-state index is -0.218. The Bertz CT molecular complexity index is 394. The van der Waals surface area contributed by atoms with Crippen molar-refractivity contribution in [1.82, 2.24) is 0 Å². The summed E-state index contributed by atoms with van der Waals surface area (Å²) in [5.41, 5.74) is 11.4. The summed E-state index contributed by atoms with van der Waals surface area (Å²) in [5, 5.41) is 0. The average Bonchev–Trinajstić information content (AvgIpc) is 2.55. The van der Waals surface area contributed by atoms with E-state index in [0.29, 0.717) is 19.4 Å². The predicted molar refractivity (Wildman–Crippen MR) is 90.3 cm³/mol. The second kappa shape index (κ2) is 15.5. The van der Waals surface area contributed by atoms with Crippen LogP contribution in [0.3, 0.4) is 0 Å². The molecule has 0 aliphatic heterocycles. The van der Waals surface area contributed by atoms with E-state index in [0.717, 1.165) is 12.0 Å². The maximum absolute atomic E-state index is 11.1. The van der Waals surface area contributed by atoms with E-state index in [1.165, 1.54) is 7.11 Å². The van der Waals surface area contributed by atoms with Crippen LogP contribution in [-0.2, 0) is 14.3 Å². The van der Waals surface area contributed by atoms with Crippen molar-refractivity contribution in [3.05, 3.63) is 35.9 Å². The summed E-state index contributed by atoms with van der Waals surface area (Å²) >= 11 is 0. The summed E-state index contributed by atoms with van der Waals surface area (Å²) in [4.78, 5) is 20.9. The first kappa shape index (κ1) is 22.4. The minimum absolute atomic E-state index is 0.0589. The quantitative estimate of drug-likeness (QED) is 0.789. The summed E-state index contributed by atoms with van der Waals surface area (Å²) in [6.45, 7) is 6.38. The Morgan fingerprint density at radius 2 is 1.73 bits per heavy atom. The van der Waals surface area contributed by atoms with E-state index in [2.05, 4.69) is 4.74 Å². The Hall–Kier alpha value is -1.88. The number of carbonyl (C=O) groups is 2. The first-order valence-corrected chi connectivity index (χ1v) is 7.65. The van der Waals surface area contributed by atoms with Crippen LogP contribution in [0.5, 0.6) is 0 Å². The zero-order valence-corrected chi connectivity index (χ0v) is 14.2. The Balaban J connectivity index is 0. The van der Waals surface area contributed by atoms with Gasteiger partial charge in [-0.3, -0.25) is 9.59 Å². The fraction of sp³-hybridized carbons (Fsp3) is 0.529. The van der Waals surface area contributed by atoms with Gasteiger partial charge in [-0.05, 0) is 18.5 Å². The van der Waals surface area contributed by atoms with Gasteiger partial charge in [0.2, 0.25) is 5.91 Å². The van der Waals surface area contributed by atoms with Gasteiger partial charge in [-0.2, -0.15) is 0 Å². The first-order valence-electron chi connectivity index (χ1n) is 7.65. The molecule has 0 fully saturated rings. The molecule has 1 aromatic rings. The van der Waals surface area contributed by atoms with Crippen molar-refractivity contribution >= 4 is 11.9 Å². The average molecular weight is 310 g/mol. The van der Waals surface area contributed by atoms with Crippen LogP contribution in [0.25, 0.3) is 0 Å². The monoisotopic (exact) mass is 310 g/mol. The number of primary amides is 1. The molecule has 0 spiro atoms. The lowest BCUT2D eigenvalue weighted by Crippen LogP contribution is -2.17. The highest BCUT2D eigenvalue weighted by atomic mass is 16.5. The fourth-order valence-corrected chi connectivity index (χ4v) is 1.59. The SMILES string of the molecule is CC.CCCC(N)=O.COC(=O)CC(CN)c1ccccc1. The molecular weight excluding hydrogens is 280 g/mol. The van der Waals surface area contributed by atoms with Crippen molar-refractivity contribution in [3.8, 4) is 0 Å². The van der Waals surface area contributed by atoms with E-state index >= 15 is 0 Å². The molecule has 1 aromatic carbocycles. The maximum Gasteiger partial charge on any atom is 0.306 e. The van der Waals surface area contributed by atoms with Crippen molar-refractivity contribution in [1.29, 1.82) is 0 Å². The summed E-state index contributed by atoms with van der Waals surface area (Å²) in [6, 6.07) is 9.76. The van der Waals surface area contributed by atoms with E-state index in [4.69, 9.17) is 11.5 Å². The van der Waals surface area contributed by atoms with Crippen LogP contribution >= 0.6 is 0 Å². The van der Waals surface area contributed by atoms with Crippen LogP contribution < -0.4 is 11.5 Å². The molecule has 4 N–H and O–H groups in total. The number of hydrogen-bond acceptors (Lipinski definition) is 4. The molecule has 5 nitrogen and oxygen atoms in total. The summed E-state index contributed by atoms with van der Waals surface area (Å²) in [5.74, 6) is -0.370. The van der Waals surface area contributed by atoms with Gasteiger partial charge in [-0.25, -0.2) is 0 Å². The molecule has 0 aliphatic carbocycles. The maximum atomic E-state index is 11.1. The van der Waals surface area contributed by atoms with Gasteiger partial charge in [-0.15, -0.1) is 0 Å². The van der Waals surface area contributed by atoms with Crippen LogP contribution in [0.2, 0.25) is 0 Å². The minimum Gasteiger partial charge on any atom is -0.469 e. The Labute approximate surface area is 134 Å². The van der Waals surface area contributed by atoms with E-state index in [1.807, 2.05) is 51.1 Å². The fourth-order valence-electron chi connectivity index (χ4n) is 1.59. The number of nitrogens with two attached hydrogens (primary N) is 2. The molecule has 0 saturated heterocycles. The molecule has 1 atom stereocenters. The predicted octanol–water partition coefficient (Wildman–Crippen LogP) is 2.59. The molecule has 1 unspecified atom stereocenters. The number of rotatable bonds is 6. The first-order chi connectivity index (χ1) is 10.5. The van der Waals surface area contributed by atoms with Crippen molar-refractivity contribution in [2.75, 3.05) is 13.7 Å². The lowest BCUT2D eigenvalue weighted by atomic mass is 9.96. The molecule has 0 aromatic heterocycles. The van der Waals surface area contributed by atoms with Gasteiger partial charge in [0.1, 0.15) is 0 Å². The molecular formula is C17H30N2O3. The van der Waals surface area contributed by atoms with Crippen molar-refractivity contribution in [3.63, 3.8) is 0 Å². The van der Waals surface area contributed by atoms with Crippen molar-refractivity contribution in [2.24, 2.45) is 11.5 Å². The topological polar surface area (TPSA) is 95.4 Å². The number of ether oxygens (including phenoxy) is 1. The van der Waals surface area contributed by atoms with Gasteiger partial charge in [0.25, 0.3) is 0 Å². The van der Waals surface area contributed by atoms with Crippen molar-refractivity contribution < 1.29 is 14.3 Å². The Morgan fingerprint density at radius 1 is 1.18 bits per heavy atom. The van der Waals surface area contributed by atoms with E-state index in [-0.39, 0.29) is 17.8 Å². The molecule has 22 heavy (non-hydrogen) atoms. The van der Waals surface area contributed by atoms with E-state index < -0.39 is 0 Å². The van der Waals surface area contributed by atoms with Gasteiger partial charge >= 0.3 is 5.97 Å². The molecule has 5 heteroatoms. The smallest absolute Gasteiger partial charge is 0.306 e. The Kier molecular flexibility index (Phi) is 15.8. The van der Waals surface area contributed by atoms with Gasteiger partial charge in [0.15, 0.2) is 0 Å². The van der Waals surface area contributed by atoms with Crippen LogP contribution in [0.4, 0.5) is 0 Å². The van der Waals surface area contributed by atoms with Gasteiger partial charge in [-0.1, -0.05) is 51.1 Å². The van der Waals surface area contributed by atoms with Gasteiger partial charge < -0.3 is 16.2 Å². The largest absolute Gasteiger partial charge is 0.469 e. The molecule has 1 amide bonds. The highest BCUT2D eigenvalue weighted by molar-refractivity contribution is 5.73. The van der Waals surface area contributed by atoms with Gasteiger partial charge in [0, 0.05) is 12.3 Å². The van der Waals surface area contributed by atoms with Crippen LogP contribution in [0.1, 0.15) is 51.5 Å². The normalized spacial score (nSPS) is 10.2. The van der Waals surface area contributed by atoms with Crippen molar-refractivity contribution in [2.45, 2.75) is 46.0 Å². The zero-order chi connectivity index (χ0) is 17.4. The number of methoxy groups -OCH3 is 1. The highest BCUT2D eigenvalue weighted by Crippen LogP contribution is 2.18. The van der Waals surface area contributed by atoms with E-state index in [9.17, 15) is 9.59 Å². The molecule has 0 radical (unpaired) electrons. The third kappa shape index (κ3) is 11.9. The molecule has 0 saturated carbocycles. The number of benzene rings is 1. The van der Waals surface area contributed by atoms with Crippen LogP contribution in [-0.4, -0.2) is 25.5 Å². The lowest BCUT2D eigenvalue weighted by molar-refractivity contribution is -0.141. The lowest BCUT2D eigenvalue weighted by Gasteiger charge is -2.13. The van der Waals surface area contributed by atoms with E-state index in [1.54, 1.807) is 0 Å². The molecule has 0 aliphatic rings. The summed E-state index contributed by atoms with van der Waals surface area (Å²) < 4.78 is 4.61. The van der Waals surface area contributed by atoms with Crippen LogP contribution in [0, 0.1) is 0 Å². The second-order valence-electron chi connectivity index (χ2n) is 4.34. The van der Waals surface area contributed by atoms with Crippen LogP contribution in [0.15, 0.2) is 30.3 Å². The van der Waals surface area contributed by atoms with Gasteiger partial charge in [0.05, 0.1) is 13.5 Å². The Morgan fingerprint density at radius 3 is 2.05 bits per heavy atom. The summed E-state index contributed by atoms with van der Waals surface area (Å²) in [7, 11) is 1.39. The third-order valence-electron chi connectivity index (χ3n) is 2.69. The highest BCUT2D eigenvalue weighted by Gasteiger charge is 2.14. The summed E-state index contributed by atoms with van der Waals surface area (Å²) in [6.07, 6.45) is 1.71. The second-order valence-corrected chi connectivity index (χ2v) is 4.34. The number of esters is 1. The third-order valence-corrected chi connectivity index (χ3v) is 2.69. The molecule has 0 heterocycles. The molecule has 1 rings (SSSR count).